The van der Waals surface area contributed by atoms with Gasteiger partial charge in [0.2, 0.25) is 5.91 Å². The van der Waals surface area contributed by atoms with Crippen molar-refractivity contribution < 1.29 is 4.79 Å². The molecule has 2 heterocycles. The third kappa shape index (κ3) is 3.04. The van der Waals surface area contributed by atoms with Gasteiger partial charge in [0.15, 0.2) is 0 Å². The lowest BCUT2D eigenvalue weighted by Crippen LogP contribution is -2.36. The zero-order valence-electron chi connectivity index (χ0n) is 11.1. The van der Waals surface area contributed by atoms with Crippen molar-refractivity contribution in [2.45, 2.75) is 23.8 Å². The van der Waals surface area contributed by atoms with Gasteiger partial charge in [0.05, 0.1) is 11.4 Å². The molecule has 0 spiro atoms. The first kappa shape index (κ1) is 12.8. The third-order valence-electron chi connectivity index (χ3n) is 3.70. The van der Waals surface area contributed by atoms with E-state index in [1.165, 1.54) is 12.8 Å². The van der Waals surface area contributed by atoms with Gasteiger partial charge in [-0.05, 0) is 51.2 Å². The Kier molecular flexibility index (Phi) is 3.66. The largest absolute Gasteiger partial charge is 0.382 e. The number of anilines is 2. The number of fused-ring (bicyclic) bond motifs is 1. The van der Waals surface area contributed by atoms with Gasteiger partial charge in [0.25, 0.3) is 0 Å². The number of carbonyl (C=O) groups is 1. The Balaban J connectivity index is 1.68. The van der Waals surface area contributed by atoms with E-state index in [1.54, 1.807) is 11.8 Å². The molecule has 4 nitrogen and oxygen atoms in total. The molecule has 5 heteroatoms. The van der Waals surface area contributed by atoms with Crippen LogP contribution < -0.4 is 10.6 Å². The van der Waals surface area contributed by atoms with Crippen LogP contribution in [0.15, 0.2) is 23.1 Å². The number of nitrogens with one attached hydrogen (secondary N) is 2. The minimum atomic E-state index is 0.0916. The van der Waals surface area contributed by atoms with Crippen LogP contribution in [0.4, 0.5) is 11.4 Å². The van der Waals surface area contributed by atoms with Crippen molar-refractivity contribution in [3.8, 4) is 0 Å². The van der Waals surface area contributed by atoms with E-state index in [0.29, 0.717) is 11.8 Å². The van der Waals surface area contributed by atoms with Crippen molar-refractivity contribution >= 4 is 29.0 Å². The first-order valence-corrected chi connectivity index (χ1v) is 7.71. The van der Waals surface area contributed by atoms with Gasteiger partial charge in [-0.2, -0.15) is 0 Å². The van der Waals surface area contributed by atoms with Crippen LogP contribution in [-0.2, 0) is 4.79 Å². The Morgan fingerprint density at radius 2 is 2.16 bits per heavy atom. The maximum Gasteiger partial charge on any atom is 0.234 e. The molecule has 0 bridgehead atoms. The van der Waals surface area contributed by atoms with Crippen LogP contribution in [0, 0.1) is 0 Å². The van der Waals surface area contributed by atoms with E-state index in [1.807, 2.05) is 0 Å². The molecule has 2 aliphatic heterocycles. The van der Waals surface area contributed by atoms with Crippen molar-refractivity contribution in [1.82, 2.24) is 4.90 Å². The van der Waals surface area contributed by atoms with Crippen LogP contribution in [0.2, 0.25) is 0 Å². The molecule has 2 aliphatic rings. The van der Waals surface area contributed by atoms with Crippen LogP contribution >= 0.6 is 11.8 Å². The Morgan fingerprint density at radius 1 is 1.37 bits per heavy atom. The van der Waals surface area contributed by atoms with Gasteiger partial charge in [-0.1, -0.05) is 0 Å². The summed E-state index contributed by atoms with van der Waals surface area (Å²) in [6.45, 7) is 2.30. The molecule has 0 aromatic heterocycles. The van der Waals surface area contributed by atoms with Gasteiger partial charge >= 0.3 is 0 Å². The third-order valence-corrected chi connectivity index (χ3v) is 4.78. The molecule has 1 fully saturated rings. The van der Waals surface area contributed by atoms with E-state index in [4.69, 9.17) is 0 Å². The van der Waals surface area contributed by atoms with Gasteiger partial charge in [0.1, 0.15) is 0 Å². The van der Waals surface area contributed by atoms with Crippen LogP contribution in [0.3, 0.4) is 0 Å². The van der Waals surface area contributed by atoms with Gasteiger partial charge in [-0.25, -0.2) is 0 Å². The monoisotopic (exact) mass is 277 g/mol. The van der Waals surface area contributed by atoms with Crippen LogP contribution in [-0.4, -0.2) is 42.7 Å². The summed E-state index contributed by atoms with van der Waals surface area (Å²) in [6.07, 6.45) is 2.35. The topological polar surface area (TPSA) is 44.4 Å². The second-order valence-electron chi connectivity index (χ2n) is 5.27. The molecule has 0 radical (unpaired) electrons. The molecular formula is C14H19N3OS. The number of rotatable bonds is 2. The standard InChI is InChI=1S/C14H19N3OS/c1-17-6-4-10(5-7-17)15-11-2-3-13-12(8-11)16-14(18)9-19-13/h2-3,8,10,15H,4-7,9H2,1H3,(H,16,18). The maximum atomic E-state index is 11.4. The molecule has 1 amide bonds. The number of thioether (sulfide) groups is 1. The van der Waals surface area contributed by atoms with E-state index in [2.05, 4.69) is 40.8 Å². The summed E-state index contributed by atoms with van der Waals surface area (Å²) in [7, 11) is 2.17. The summed E-state index contributed by atoms with van der Waals surface area (Å²) < 4.78 is 0. The minimum Gasteiger partial charge on any atom is -0.382 e. The highest BCUT2D eigenvalue weighted by atomic mass is 32.2. The number of hydrogen-bond acceptors (Lipinski definition) is 4. The molecule has 102 valence electrons. The SMILES string of the molecule is CN1CCC(Nc2ccc3c(c2)NC(=O)CS3)CC1. The number of amides is 1. The molecule has 2 N–H and O–H groups in total. The molecule has 3 rings (SSSR count). The van der Waals surface area contributed by atoms with Gasteiger partial charge in [0, 0.05) is 16.6 Å². The maximum absolute atomic E-state index is 11.4. The number of likely N-dealkylation sites (tertiary alicyclic amines) is 1. The number of benzene rings is 1. The van der Waals surface area contributed by atoms with Crippen molar-refractivity contribution in [2.75, 3.05) is 36.5 Å². The lowest BCUT2D eigenvalue weighted by molar-refractivity contribution is -0.113. The van der Waals surface area contributed by atoms with Crippen molar-refractivity contribution in [3.05, 3.63) is 18.2 Å². The van der Waals surface area contributed by atoms with E-state index >= 15 is 0 Å². The highest BCUT2D eigenvalue weighted by Crippen LogP contribution is 2.33. The van der Waals surface area contributed by atoms with E-state index < -0.39 is 0 Å². The minimum absolute atomic E-state index is 0.0916. The highest BCUT2D eigenvalue weighted by Gasteiger charge is 2.18. The van der Waals surface area contributed by atoms with Crippen LogP contribution in [0.1, 0.15) is 12.8 Å². The summed E-state index contributed by atoms with van der Waals surface area (Å²) in [5.41, 5.74) is 2.05. The smallest absolute Gasteiger partial charge is 0.234 e. The van der Waals surface area contributed by atoms with Gasteiger partial charge < -0.3 is 15.5 Å². The number of nitrogens with zero attached hydrogens (tertiary/aromatic N) is 1. The fourth-order valence-corrected chi connectivity index (χ4v) is 3.35. The van der Waals surface area contributed by atoms with Gasteiger partial charge in [-0.15, -0.1) is 11.8 Å². The number of carbonyl (C=O) groups excluding carboxylic acids is 1. The lowest BCUT2D eigenvalue weighted by atomic mass is 10.1. The fourth-order valence-electron chi connectivity index (χ4n) is 2.56. The molecule has 1 aromatic carbocycles. The predicted octanol–water partition coefficient (Wildman–Crippen LogP) is 2.24. The molecule has 0 atom stereocenters. The summed E-state index contributed by atoms with van der Waals surface area (Å²) in [4.78, 5) is 14.9. The van der Waals surface area contributed by atoms with Crippen LogP contribution in [0.5, 0.6) is 0 Å². The van der Waals surface area contributed by atoms with Crippen molar-refractivity contribution in [3.63, 3.8) is 0 Å². The summed E-state index contributed by atoms with van der Waals surface area (Å²) in [5, 5.41) is 6.52. The number of hydrogen-bond donors (Lipinski definition) is 2. The average molecular weight is 277 g/mol. The second kappa shape index (κ2) is 5.43. The van der Waals surface area contributed by atoms with Crippen molar-refractivity contribution in [1.29, 1.82) is 0 Å². The Morgan fingerprint density at radius 3 is 2.95 bits per heavy atom. The summed E-state index contributed by atoms with van der Waals surface area (Å²) in [6, 6.07) is 6.80. The second-order valence-corrected chi connectivity index (χ2v) is 6.29. The first-order chi connectivity index (χ1) is 9.20. The first-order valence-electron chi connectivity index (χ1n) is 6.72. The molecule has 1 aromatic rings. The molecule has 19 heavy (non-hydrogen) atoms. The van der Waals surface area contributed by atoms with Crippen LogP contribution in [0.25, 0.3) is 0 Å². The Hall–Kier alpha value is -1.20. The normalized spacial score (nSPS) is 20.8. The molecule has 0 unspecified atom stereocenters. The molecule has 1 saturated heterocycles. The highest BCUT2D eigenvalue weighted by molar-refractivity contribution is 8.00. The Bertz CT molecular complexity index is 484. The van der Waals surface area contributed by atoms with E-state index in [9.17, 15) is 4.79 Å². The molecular weight excluding hydrogens is 258 g/mol. The van der Waals surface area contributed by atoms with E-state index in [0.717, 1.165) is 29.4 Å². The van der Waals surface area contributed by atoms with E-state index in [-0.39, 0.29) is 5.91 Å². The van der Waals surface area contributed by atoms with Gasteiger partial charge in [-0.3, -0.25) is 4.79 Å². The predicted molar refractivity (Wildman–Crippen MR) is 79.9 cm³/mol. The zero-order chi connectivity index (χ0) is 13.2. The molecule has 0 aliphatic carbocycles. The molecule has 0 saturated carbocycles. The van der Waals surface area contributed by atoms with Crippen molar-refractivity contribution in [2.24, 2.45) is 0 Å². The quantitative estimate of drug-likeness (QED) is 0.870. The zero-order valence-corrected chi connectivity index (χ0v) is 11.9. The summed E-state index contributed by atoms with van der Waals surface area (Å²) in [5.74, 6) is 0.614. The lowest BCUT2D eigenvalue weighted by Gasteiger charge is -2.30. The average Bonchev–Trinajstić information content (AvgIpc) is 2.41. The fraction of sp³-hybridized carbons (Fsp3) is 0.500. The number of piperidine rings is 1. The Labute approximate surface area is 117 Å². The summed E-state index contributed by atoms with van der Waals surface area (Å²) >= 11 is 1.61.